The molecule has 3 aromatic rings. The van der Waals surface area contributed by atoms with Gasteiger partial charge in [-0.05, 0) is 80.3 Å². The Morgan fingerprint density at radius 3 is 2.61 bits per heavy atom. The van der Waals surface area contributed by atoms with Gasteiger partial charge in [0.2, 0.25) is 5.89 Å². The molecule has 0 bridgehead atoms. The Balaban J connectivity index is 1.22. The number of nitrogens with one attached hydrogen (secondary N) is 1. The molecule has 1 aliphatic carbocycles. The molecule has 6 nitrogen and oxygen atoms in total. The molecule has 1 aromatic heterocycles. The van der Waals surface area contributed by atoms with Crippen LogP contribution in [0.3, 0.4) is 0 Å². The highest BCUT2D eigenvalue weighted by Gasteiger charge is 2.31. The van der Waals surface area contributed by atoms with Crippen molar-refractivity contribution in [1.29, 1.82) is 5.26 Å². The van der Waals surface area contributed by atoms with Gasteiger partial charge in [-0.15, -0.1) is 5.10 Å². The molecule has 2 aromatic carbocycles. The van der Waals surface area contributed by atoms with Crippen LogP contribution in [0, 0.1) is 23.2 Å². The second kappa shape index (κ2) is 10.1. The summed E-state index contributed by atoms with van der Waals surface area (Å²) in [5.74, 6) is 1.87. The third-order valence-corrected chi connectivity index (χ3v) is 7.18. The molecular formula is C27H31N5O. The van der Waals surface area contributed by atoms with Gasteiger partial charge < -0.3 is 14.6 Å². The van der Waals surface area contributed by atoms with Crippen molar-refractivity contribution in [3.8, 4) is 17.5 Å². The number of benzene rings is 2. The van der Waals surface area contributed by atoms with Crippen LogP contribution >= 0.6 is 0 Å². The number of rotatable bonds is 6. The molecule has 0 amide bonds. The van der Waals surface area contributed by atoms with Crippen LogP contribution in [0.4, 0.5) is 11.7 Å². The Kier molecular flexibility index (Phi) is 6.57. The number of anilines is 2. The monoisotopic (exact) mass is 441 g/mol. The zero-order chi connectivity index (χ0) is 22.5. The second-order valence-corrected chi connectivity index (χ2v) is 9.42. The second-order valence-electron chi connectivity index (χ2n) is 9.42. The minimum atomic E-state index is 0.383. The predicted octanol–water partition coefficient (Wildman–Crippen LogP) is 5.89. The van der Waals surface area contributed by atoms with Crippen molar-refractivity contribution in [2.45, 2.75) is 51.0 Å². The minimum absolute atomic E-state index is 0.383. The lowest BCUT2D eigenvalue weighted by molar-refractivity contribution is 0.245. The van der Waals surface area contributed by atoms with Crippen molar-refractivity contribution in [3.63, 3.8) is 0 Å². The third kappa shape index (κ3) is 5.19. The molecule has 2 fully saturated rings. The maximum atomic E-state index is 9.07. The molecule has 3 atom stereocenters. The van der Waals surface area contributed by atoms with Crippen molar-refractivity contribution in [2.75, 3.05) is 23.3 Å². The first-order valence-electron chi connectivity index (χ1n) is 12.2. The molecule has 2 heterocycles. The number of piperidine rings is 1. The smallest absolute Gasteiger partial charge is 0.315 e. The maximum absolute atomic E-state index is 9.07. The zero-order valence-electron chi connectivity index (χ0n) is 19.0. The van der Waals surface area contributed by atoms with Crippen LogP contribution in [0.15, 0.2) is 59.0 Å². The highest BCUT2D eigenvalue weighted by Crippen LogP contribution is 2.35. The Bertz CT molecular complexity index is 1070. The van der Waals surface area contributed by atoms with Gasteiger partial charge in [-0.2, -0.15) is 5.26 Å². The Morgan fingerprint density at radius 2 is 1.79 bits per heavy atom. The number of nitrogens with zero attached hydrogens (tertiary/aromatic N) is 4. The fourth-order valence-electron chi connectivity index (χ4n) is 5.48. The lowest BCUT2D eigenvalue weighted by Gasteiger charge is -2.39. The number of hydrogen-bond acceptors (Lipinski definition) is 6. The van der Waals surface area contributed by atoms with Gasteiger partial charge in [0.15, 0.2) is 0 Å². The number of hydrogen-bond donors (Lipinski definition) is 1. The van der Waals surface area contributed by atoms with Crippen molar-refractivity contribution in [2.24, 2.45) is 11.8 Å². The summed E-state index contributed by atoms with van der Waals surface area (Å²) in [4.78, 5) is 2.49. The zero-order valence-corrected chi connectivity index (χ0v) is 19.0. The van der Waals surface area contributed by atoms with E-state index < -0.39 is 0 Å². The molecule has 6 heteroatoms. The molecule has 1 saturated carbocycles. The summed E-state index contributed by atoms with van der Waals surface area (Å²) in [7, 11) is 0. The largest absolute Gasteiger partial charge is 0.403 e. The molecule has 0 unspecified atom stereocenters. The van der Waals surface area contributed by atoms with Gasteiger partial charge in [-0.1, -0.05) is 36.1 Å². The quantitative estimate of drug-likeness (QED) is 0.514. The molecule has 1 aliphatic heterocycles. The van der Waals surface area contributed by atoms with Gasteiger partial charge in [0.05, 0.1) is 11.6 Å². The summed E-state index contributed by atoms with van der Waals surface area (Å²) in [5, 5.41) is 21.2. The van der Waals surface area contributed by atoms with E-state index in [-0.39, 0.29) is 0 Å². The maximum Gasteiger partial charge on any atom is 0.315 e. The van der Waals surface area contributed by atoms with E-state index in [9.17, 15) is 0 Å². The van der Waals surface area contributed by atoms with Crippen molar-refractivity contribution in [3.05, 3.63) is 60.2 Å². The lowest BCUT2D eigenvalue weighted by atomic mass is 9.77. The van der Waals surface area contributed by atoms with Gasteiger partial charge in [-0.3, -0.25) is 0 Å². The van der Waals surface area contributed by atoms with Crippen LogP contribution in [0.25, 0.3) is 11.5 Å². The minimum Gasteiger partial charge on any atom is -0.403 e. The summed E-state index contributed by atoms with van der Waals surface area (Å²) < 4.78 is 5.94. The van der Waals surface area contributed by atoms with Crippen LogP contribution in [0.1, 0.15) is 50.5 Å². The van der Waals surface area contributed by atoms with E-state index in [0.29, 0.717) is 29.8 Å². The highest BCUT2D eigenvalue weighted by molar-refractivity contribution is 5.53. The molecule has 170 valence electrons. The molecule has 1 saturated heterocycles. The van der Waals surface area contributed by atoms with E-state index in [1.807, 2.05) is 42.5 Å². The van der Waals surface area contributed by atoms with Crippen LogP contribution in [-0.4, -0.2) is 29.3 Å². The normalized spacial score (nSPS) is 23.1. The standard InChI is InChI=1S/C27H31N5O/c28-18-20-12-14-24(15-13-20)32-16-6-7-21(19-32)17-23-10-4-5-11-25(23)29-27-31-30-26(33-27)22-8-2-1-3-9-22/h1-3,8-9,12-15,21,23,25H,4-7,10-11,16-17,19H2,(H,29,31)/t21-,23+,25-/m1/s1. The van der Waals surface area contributed by atoms with Gasteiger partial charge in [0.1, 0.15) is 0 Å². The van der Waals surface area contributed by atoms with E-state index in [4.69, 9.17) is 9.68 Å². The topological polar surface area (TPSA) is 78.0 Å². The first-order chi connectivity index (χ1) is 16.3. The third-order valence-electron chi connectivity index (χ3n) is 7.18. The van der Waals surface area contributed by atoms with E-state index >= 15 is 0 Å². The molecule has 0 spiro atoms. The first-order valence-corrected chi connectivity index (χ1v) is 12.2. The fourth-order valence-corrected chi connectivity index (χ4v) is 5.48. The van der Waals surface area contributed by atoms with Crippen LogP contribution in [0.2, 0.25) is 0 Å². The molecule has 2 aliphatic rings. The average molecular weight is 442 g/mol. The van der Waals surface area contributed by atoms with Crippen molar-refractivity contribution >= 4 is 11.7 Å². The molecular weight excluding hydrogens is 410 g/mol. The Hall–Kier alpha value is -3.33. The summed E-state index contributed by atoms with van der Waals surface area (Å²) >= 11 is 0. The lowest BCUT2D eigenvalue weighted by Crippen LogP contribution is -2.39. The van der Waals surface area contributed by atoms with Gasteiger partial charge in [-0.25, -0.2) is 0 Å². The van der Waals surface area contributed by atoms with Gasteiger partial charge in [0.25, 0.3) is 0 Å². The Labute approximate surface area is 195 Å². The predicted molar refractivity (Wildman–Crippen MR) is 130 cm³/mol. The van der Waals surface area contributed by atoms with E-state index in [2.05, 4.69) is 38.6 Å². The van der Waals surface area contributed by atoms with Gasteiger partial charge >= 0.3 is 6.01 Å². The van der Waals surface area contributed by atoms with E-state index in [0.717, 1.165) is 30.6 Å². The SMILES string of the molecule is N#Cc1ccc(N2CCC[C@H](C[C@@H]3CCCC[C@H]3Nc3nnc(-c4ccccc4)o3)C2)cc1. The summed E-state index contributed by atoms with van der Waals surface area (Å²) in [6, 6.07) is 21.1. The molecule has 33 heavy (non-hydrogen) atoms. The summed E-state index contributed by atoms with van der Waals surface area (Å²) in [6.45, 7) is 2.19. The van der Waals surface area contributed by atoms with Gasteiger partial charge in [0, 0.05) is 30.4 Å². The molecule has 5 rings (SSSR count). The first kappa shape index (κ1) is 21.5. The Morgan fingerprint density at radius 1 is 0.970 bits per heavy atom. The van der Waals surface area contributed by atoms with Crippen molar-refractivity contribution in [1.82, 2.24) is 10.2 Å². The van der Waals surface area contributed by atoms with Crippen LogP contribution < -0.4 is 10.2 Å². The van der Waals surface area contributed by atoms with Crippen molar-refractivity contribution < 1.29 is 4.42 Å². The number of nitriles is 1. The number of aromatic nitrogens is 2. The fraction of sp³-hybridized carbons (Fsp3) is 0.444. The summed E-state index contributed by atoms with van der Waals surface area (Å²) in [5.41, 5.74) is 2.90. The molecule has 0 radical (unpaired) electrons. The van der Waals surface area contributed by atoms with Crippen LogP contribution in [0.5, 0.6) is 0 Å². The average Bonchev–Trinajstić information content (AvgIpc) is 3.35. The van der Waals surface area contributed by atoms with E-state index in [1.54, 1.807) is 0 Å². The highest BCUT2D eigenvalue weighted by atomic mass is 16.4. The molecule has 1 N–H and O–H groups in total. The summed E-state index contributed by atoms with van der Waals surface area (Å²) in [6.07, 6.45) is 8.69. The van der Waals surface area contributed by atoms with Crippen LogP contribution in [-0.2, 0) is 0 Å². The van der Waals surface area contributed by atoms with E-state index in [1.165, 1.54) is 44.2 Å².